The Morgan fingerprint density at radius 1 is 1.47 bits per heavy atom. The highest BCUT2D eigenvalue weighted by Gasteiger charge is 2.16. The molecule has 1 amide bonds. The molecule has 0 heterocycles. The highest BCUT2D eigenvalue weighted by molar-refractivity contribution is 5.93. The third-order valence-corrected chi connectivity index (χ3v) is 2.97. The maximum absolute atomic E-state index is 11.0. The van der Waals surface area contributed by atoms with Crippen LogP contribution in [0.2, 0.25) is 0 Å². The van der Waals surface area contributed by atoms with Crippen molar-refractivity contribution in [2.45, 2.75) is 19.3 Å². The van der Waals surface area contributed by atoms with Crippen molar-refractivity contribution in [3.63, 3.8) is 0 Å². The van der Waals surface area contributed by atoms with Crippen LogP contribution in [0.3, 0.4) is 0 Å². The molecule has 3 heteroatoms. The normalized spacial score (nSPS) is 15.7. The lowest BCUT2D eigenvalue weighted by Crippen LogP contribution is -2.21. The highest BCUT2D eigenvalue weighted by Crippen LogP contribution is 2.26. The Kier molecular flexibility index (Phi) is 2.90. The summed E-state index contributed by atoms with van der Waals surface area (Å²) >= 11 is 0. The fourth-order valence-corrected chi connectivity index (χ4v) is 1.74. The van der Waals surface area contributed by atoms with Crippen LogP contribution in [-0.2, 0) is 0 Å². The van der Waals surface area contributed by atoms with Crippen LogP contribution in [-0.4, -0.2) is 12.5 Å². The molecule has 15 heavy (non-hydrogen) atoms. The van der Waals surface area contributed by atoms with Crippen molar-refractivity contribution in [1.82, 2.24) is 0 Å². The second-order valence-corrected chi connectivity index (χ2v) is 4.12. The summed E-state index contributed by atoms with van der Waals surface area (Å²) in [6.07, 6.45) is 4.00. The van der Waals surface area contributed by atoms with Crippen molar-refractivity contribution in [1.29, 1.82) is 0 Å². The third kappa shape index (κ3) is 2.49. The number of anilines is 1. The minimum Gasteiger partial charge on any atom is -0.385 e. The maximum Gasteiger partial charge on any atom is 0.248 e. The number of hydrogen-bond donors (Lipinski definition) is 2. The average Bonchev–Trinajstić information content (AvgIpc) is 2.16. The van der Waals surface area contributed by atoms with Crippen molar-refractivity contribution < 1.29 is 4.79 Å². The van der Waals surface area contributed by atoms with Gasteiger partial charge in [-0.25, -0.2) is 0 Å². The summed E-state index contributed by atoms with van der Waals surface area (Å²) < 4.78 is 0. The van der Waals surface area contributed by atoms with Gasteiger partial charge < -0.3 is 11.1 Å². The van der Waals surface area contributed by atoms with E-state index in [1.807, 2.05) is 12.1 Å². The molecule has 0 aliphatic heterocycles. The SMILES string of the molecule is NC(=O)c1cccc(NCC2CCC2)c1. The predicted octanol–water partition coefficient (Wildman–Crippen LogP) is 2.00. The molecule has 0 saturated heterocycles. The first-order valence-corrected chi connectivity index (χ1v) is 5.39. The molecule has 1 fully saturated rings. The molecule has 0 bridgehead atoms. The monoisotopic (exact) mass is 204 g/mol. The van der Waals surface area contributed by atoms with Gasteiger partial charge in [-0.3, -0.25) is 4.79 Å². The fourth-order valence-electron chi connectivity index (χ4n) is 1.74. The molecule has 1 aliphatic carbocycles. The van der Waals surface area contributed by atoms with E-state index >= 15 is 0 Å². The van der Waals surface area contributed by atoms with Crippen molar-refractivity contribution >= 4 is 11.6 Å². The van der Waals surface area contributed by atoms with Crippen LogP contribution < -0.4 is 11.1 Å². The quantitative estimate of drug-likeness (QED) is 0.788. The number of nitrogens with one attached hydrogen (secondary N) is 1. The zero-order valence-electron chi connectivity index (χ0n) is 8.70. The molecule has 3 N–H and O–H groups in total. The summed E-state index contributed by atoms with van der Waals surface area (Å²) in [6, 6.07) is 7.35. The van der Waals surface area contributed by atoms with E-state index in [0.717, 1.165) is 18.2 Å². The van der Waals surface area contributed by atoms with Gasteiger partial charge in [0.25, 0.3) is 0 Å². The number of carbonyl (C=O) groups excluding carboxylic acids is 1. The van der Waals surface area contributed by atoms with Crippen molar-refractivity contribution in [3.8, 4) is 0 Å². The van der Waals surface area contributed by atoms with Crippen LogP contribution in [0.4, 0.5) is 5.69 Å². The molecule has 1 aromatic carbocycles. The van der Waals surface area contributed by atoms with Crippen LogP contribution in [0, 0.1) is 5.92 Å². The first-order valence-electron chi connectivity index (χ1n) is 5.39. The van der Waals surface area contributed by atoms with Gasteiger partial charge in [-0.2, -0.15) is 0 Å². The number of carbonyl (C=O) groups is 1. The van der Waals surface area contributed by atoms with E-state index in [1.54, 1.807) is 12.1 Å². The Morgan fingerprint density at radius 3 is 2.87 bits per heavy atom. The number of benzene rings is 1. The molecule has 0 spiro atoms. The van der Waals surface area contributed by atoms with Crippen molar-refractivity contribution in [2.75, 3.05) is 11.9 Å². The number of rotatable bonds is 4. The zero-order chi connectivity index (χ0) is 10.7. The summed E-state index contributed by atoms with van der Waals surface area (Å²) in [4.78, 5) is 11.0. The van der Waals surface area contributed by atoms with E-state index in [4.69, 9.17) is 5.73 Å². The van der Waals surface area contributed by atoms with E-state index in [1.165, 1.54) is 19.3 Å². The second-order valence-electron chi connectivity index (χ2n) is 4.12. The first kappa shape index (κ1) is 10.0. The van der Waals surface area contributed by atoms with Gasteiger partial charge in [0.05, 0.1) is 0 Å². The Balaban J connectivity index is 1.94. The van der Waals surface area contributed by atoms with Gasteiger partial charge in [0.2, 0.25) is 5.91 Å². The minimum absolute atomic E-state index is 0.373. The van der Waals surface area contributed by atoms with Crippen LogP contribution in [0.1, 0.15) is 29.6 Å². The molecule has 0 unspecified atom stereocenters. The summed E-state index contributed by atoms with van der Waals surface area (Å²) in [5.41, 5.74) is 6.76. The number of hydrogen-bond acceptors (Lipinski definition) is 2. The largest absolute Gasteiger partial charge is 0.385 e. The van der Waals surface area contributed by atoms with Crippen molar-refractivity contribution in [3.05, 3.63) is 29.8 Å². The van der Waals surface area contributed by atoms with E-state index in [9.17, 15) is 4.79 Å². The van der Waals surface area contributed by atoms with Gasteiger partial charge in [0, 0.05) is 17.8 Å². The first-order chi connectivity index (χ1) is 7.25. The van der Waals surface area contributed by atoms with Gasteiger partial charge in [-0.05, 0) is 37.0 Å². The summed E-state index contributed by atoms with van der Waals surface area (Å²) in [7, 11) is 0. The van der Waals surface area contributed by atoms with Crippen LogP contribution in [0.15, 0.2) is 24.3 Å². The van der Waals surface area contributed by atoms with E-state index in [2.05, 4.69) is 5.32 Å². The summed E-state index contributed by atoms with van der Waals surface area (Å²) in [6.45, 7) is 1.00. The topological polar surface area (TPSA) is 55.1 Å². The van der Waals surface area contributed by atoms with E-state index in [0.29, 0.717) is 5.56 Å². The fraction of sp³-hybridized carbons (Fsp3) is 0.417. The lowest BCUT2D eigenvalue weighted by Gasteiger charge is -2.25. The molecule has 1 aliphatic rings. The molecule has 0 radical (unpaired) electrons. The molecule has 1 saturated carbocycles. The van der Waals surface area contributed by atoms with E-state index in [-0.39, 0.29) is 5.91 Å². The molecular formula is C12H16N2O. The van der Waals surface area contributed by atoms with Gasteiger partial charge in [-0.15, -0.1) is 0 Å². The molecule has 0 atom stereocenters. The van der Waals surface area contributed by atoms with Crippen LogP contribution in [0.5, 0.6) is 0 Å². The van der Waals surface area contributed by atoms with E-state index < -0.39 is 0 Å². The highest BCUT2D eigenvalue weighted by atomic mass is 16.1. The maximum atomic E-state index is 11.0. The third-order valence-electron chi connectivity index (χ3n) is 2.97. The van der Waals surface area contributed by atoms with Gasteiger partial charge >= 0.3 is 0 Å². The number of primary amides is 1. The predicted molar refractivity (Wildman–Crippen MR) is 60.8 cm³/mol. The van der Waals surface area contributed by atoms with Gasteiger partial charge in [0.15, 0.2) is 0 Å². The summed E-state index contributed by atoms with van der Waals surface area (Å²) in [5, 5.41) is 3.33. The van der Waals surface area contributed by atoms with Crippen molar-refractivity contribution in [2.24, 2.45) is 11.7 Å². The Morgan fingerprint density at radius 2 is 2.27 bits per heavy atom. The standard InChI is InChI=1S/C12H16N2O/c13-12(15)10-5-2-6-11(7-10)14-8-9-3-1-4-9/h2,5-7,9,14H,1,3-4,8H2,(H2,13,15). The molecule has 1 aromatic rings. The Bertz CT molecular complexity index is 358. The molecule has 80 valence electrons. The Hall–Kier alpha value is -1.51. The molecular weight excluding hydrogens is 188 g/mol. The van der Waals surface area contributed by atoms with Gasteiger partial charge in [-0.1, -0.05) is 12.5 Å². The second kappa shape index (κ2) is 4.34. The average molecular weight is 204 g/mol. The Labute approximate surface area is 89.7 Å². The lowest BCUT2D eigenvalue weighted by atomic mass is 9.85. The zero-order valence-corrected chi connectivity index (χ0v) is 8.70. The van der Waals surface area contributed by atoms with Gasteiger partial charge in [0.1, 0.15) is 0 Å². The molecule has 3 nitrogen and oxygen atoms in total. The van der Waals surface area contributed by atoms with Crippen LogP contribution in [0.25, 0.3) is 0 Å². The molecule has 0 aromatic heterocycles. The number of amides is 1. The summed E-state index contributed by atoms with van der Waals surface area (Å²) in [5.74, 6) is 0.435. The smallest absolute Gasteiger partial charge is 0.248 e. The van der Waals surface area contributed by atoms with Crippen LogP contribution >= 0.6 is 0 Å². The molecule has 2 rings (SSSR count). The minimum atomic E-state index is -0.373. The lowest BCUT2D eigenvalue weighted by molar-refractivity contribution is 0.100. The number of nitrogens with two attached hydrogens (primary N) is 1.